The maximum Gasteiger partial charge on any atom is 0.151 e. The first-order chi connectivity index (χ1) is 7.24. The molecule has 1 heterocycles. The minimum atomic E-state index is -3.00. The van der Waals surface area contributed by atoms with E-state index in [4.69, 9.17) is 10.00 Å². The number of hydrogen-bond acceptors (Lipinski definition) is 4. The SMILES string of the molecule is COC(C)(C)CCC1(C#N)CCS(=O)(=O)C1. The number of sulfone groups is 1. The summed E-state index contributed by atoms with van der Waals surface area (Å²) in [4.78, 5) is 0. The predicted molar refractivity (Wildman–Crippen MR) is 61.6 cm³/mol. The lowest BCUT2D eigenvalue weighted by Gasteiger charge is -2.27. The number of nitrogens with zero attached hydrogens (tertiary/aromatic N) is 1. The van der Waals surface area contributed by atoms with Crippen molar-refractivity contribution in [2.75, 3.05) is 18.6 Å². The van der Waals surface area contributed by atoms with E-state index in [0.29, 0.717) is 19.3 Å². The molecule has 0 saturated carbocycles. The third-order valence-electron chi connectivity index (χ3n) is 3.38. The Hall–Kier alpha value is -0.600. The normalized spacial score (nSPS) is 28.9. The molecule has 0 N–H and O–H groups in total. The van der Waals surface area contributed by atoms with Gasteiger partial charge in [0.2, 0.25) is 0 Å². The Morgan fingerprint density at radius 2 is 2.12 bits per heavy atom. The Morgan fingerprint density at radius 1 is 1.50 bits per heavy atom. The summed E-state index contributed by atoms with van der Waals surface area (Å²) in [5, 5.41) is 9.16. The van der Waals surface area contributed by atoms with Crippen molar-refractivity contribution in [2.45, 2.75) is 38.7 Å². The smallest absolute Gasteiger partial charge is 0.151 e. The van der Waals surface area contributed by atoms with Crippen molar-refractivity contribution in [1.29, 1.82) is 5.26 Å². The minimum absolute atomic E-state index is 0.0102. The van der Waals surface area contributed by atoms with Gasteiger partial charge >= 0.3 is 0 Å². The highest BCUT2D eigenvalue weighted by molar-refractivity contribution is 7.91. The zero-order valence-electron chi connectivity index (χ0n) is 10.1. The van der Waals surface area contributed by atoms with Gasteiger partial charge in [-0.25, -0.2) is 8.42 Å². The van der Waals surface area contributed by atoms with Crippen LogP contribution < -0.4 is 0 Å². The van der Waals surface area contributed by atoms with Gasteiger partial charge in [-0.15, -0.1) is 0 Å². The molecule has 0 aromatic heterocycles. The number of nitriles is 1. The highest BCUT2D eigenvalue weighted by Crippen LogP contribution is 2.38. The molecule has 16 heavy (non-hydrogen) atoms. The van der Waals surface area contributed by atoms with Crippen LogP contribution in [0.5, 0.6) is 0 Å². The molecule has 0 amide bonds. The first kappa shape index (κ1) is 13.5. The van der Waals surface area contributed by atoms with Gasteiger partial charge in [-0.05, 0) is 33.1 Å². The minimum Gasteiger partial charge on any atom is -0.379 e. The van der Waals surface area contributed by atoms with E-state index in [1.54, 1.807) is 7.11 Å². The average Bonchev–Trinajstić information content (AvgIpc) is 2.53. The molecule has 92 valence electrons. The molecule has 0 aromatic carbocycles. The molecule has 1 unspecified atom stereocenters. The quantitative estimate of drug-likeness (QED) is 0.753. The van der Waals surface area contributed by atoms with Gasteiger partial charge in [0, 0.05) is 7.11 Å². The highest BCUT2D eigenvalue weighted by Gasteiger charge is 2.43. The maximum atomic E-state index is 11.4. The molecule has 1 aliphatic heterocycles. The number of methoxy groups -OCH3 is 1. The highest BCUT2D eigenvalue weighted by atomic mass is 32.2. The summed E-state index contributed by atoms with van der Waals surface area (Å²) < 4.78 is 28.1. The largest absolute Gasteiger partial charge is 0.379 e. The molecule has 4 nitrogen and oxygen atoms in total. The van der Waals surface area contributed by atoms with E-state index in [1.807, 2.05) is 13.8 Å². The molecular formula is C11H19NO3S. The third-order valence-corrected chi connectivity index (χ3v) is 5.20. The molecule has 0 aromatic rings. The fourth-order valence-corrected chi connectivity index (χ4v) is 3.94. The van der Waals surface area contributed by atoms with Crippen molar-refractivity contribution >= 4 is 9.84 Å². The topological polar surface area (TPSA) is 67.2 Å². The molecule has 1 fully saturated rings. The van der Waals surface area contributed by atoms with Gasteiger partial charge in [0.15, 0.2) is 9.84 Å². The lowest BCUT2D eigenvalue weighted by atomic mass is 9.81. The Morgan fingerprint density at radius 3 is 2.50 bits per heavy atom. The van der Waals surface area contributed by atoms with E-state index in [2.05, 4.69) is 6.07 Å². The van der Waals surface area contributed by atoms with Crippen LogP contribution >= 0.6 is 0 Å². The fraction of sp³-hybridized carbons (Fsp3) is 0.909. The lowest BCUT2D eigenvalue weighted by Crippen LogP contribution is -2.28. The van der Waals surface area contributed by atoms with Gasteiger partial charge < -0.3 is 4.74 Å². The van der Waals surface area contributed by atoms with Crippen molar-refractivity contribution in [3.05, 3.63) is 0 Å². The van der Waals surface area contributed by atoms with Gasteiger partial charge in [0.1, 0.15) is 0 Å². The molecule has 0 radical (unpaired) electrons. The molecule has 1 aliphatic rings. The second kappa shape index (κ2) is 4.34. The van der Waals surface area contributed by atoms with Crippen LogP contribution in [0.2, 0.25) is 0 Å². The van der Waals surface area contributed by atoms with E-state index in [-0.39, 0.29) is 17.1 Å². The van der Waals surface area contributed by atoms with Crippen LogP contribution in [0.1, 0.15) is 33.1 Å². The molecule has 0 spiro atoms. The summed E-state index contributed by atoms with van der Waals surface area (Å²) in [5.74, 6) is 0.157. The Labute approximate surface area is 97.5 Å². The van der Waals surface area contributed by atoms with Crippen LogP contribution in [0.25, 0.3) is 0 Å². The van der Waals surface area contributed by atoms with Crippen molar-refractivity contribution in [3.8, 4) is 6.07 Å². The van der Waals surface area contributed by atoms with Gasteiger partial charge in [0.05, 0.1) is 28.6 Å². The second-order valence-corrected chi connectivity index (χ2v) is 7.38. The van der Waals surface area contributed by atoms with E-state index < -0.39 is 15.3 Å². The Balaban J connectivity index is 2.69. The second-order valence-electron chi connectivity index (χ2n) is 5.20. The van der Waals surface area contributed by atoms with Crippen molar-refractivity contribution in [3.63, 3.8) is 0 Å². The summed E-state index contributed by atoms with van der Waals surface area (Å²) in [5.41, 5.74) is -0.981. The van der Waals surface area contributed by atoms with Crippen LogP contribution in [-0.4, -0.2) is 32.6 Å². The Kier molecular flexibility index (Phi) is 3.65. The van der Waals surface area contributed by atoms with Crippen molar-refractivity contribution < 1.29 is 13.2 Å². The van der Waals surface area contributed by atoms with Gasteiger partial charge in [-0.2, -0.15) is 5.26 Å². The van der Waals surface area contributed by atoms with Crippen molar-refractivity contribution in [2.24, 2.45) is 5.41 Å². The molecule has 1 rings (SSSR count). The average molecular weight is 245 g/mol. The molecule has 0 aliphatic carbocycles. The van der Waals surface area contributed by atoms with Crippen molar-refractivity contribution in [1.82, 2.24) is 0 Å². The van der Waals surface area contributed by atoms with E-state index >= 15 is 0 Å². The maximum absolute atomic E-state index is 11.4. The number of ether oxygens (including phenoxy) is 1. The van der Waals surface area contributed by atoms with E-state index in [9.17, 15) is 8.42 Å². The molecular weight excluding hydrogens is 226 g/mol. The summed E-state index contributed by atoms with van der Waals surface area (Å²) in [6, 6.07) is 2.19. The van der Waals surface area contributed by atoms with E-state index in [0.717, 1.165) is 0 Å². The van der Waals surface area contributed by atoms with Crippen LogP contribution in [0.4, 0.5) is 0 Å². The van der Waals surface area contributed by atoms with Gasteiger partial charge in [-0.3, -0.25) is 0 Å². The van der Waals surface area contributed by atoms with Crippen LogP contribution in [-0.2, 0) is 14.6 Å². The fourth-order valence-electron chi connectivity index (χ4n) is 1.90. The molecule has 0 bridgehead atoms. The standard InChI is InChI=1S/C11H19NO3S/c1-10(2,15-3)4-5-11(8-12)6-7-16(13,14)9-11/h4-7,9H2,1-3H3. The first-order valence-electron chi connectivity index (χ1n) is 5.41. The van der Waals surface area contributed by atoms with Crippen LogP contribution in [0.3, 0.4) is 0 Å². The lowest BCUT2D eigenvalue weighted by molar-refractivity contribution is 0.00832. The monoisotopic (exact) mass is 245 g/mol. The summed E-state index contributed by atoms with van der Waals surface area (Å²) in [6.45, 7) is 3.89. The third kappa shape index (κ3) is 3.19. The summed E-state index contributed by atoms with van der Waals surface area (Å²) >= 11 is 0. The molecule has 5 heteroatoms. The molecule has 1 atom stereocenters. The number of rotatable bonds is 4. The Bertz CT molecular complexity index is 394. The first-order valence-corrected chi connectivity index (χ1v) is 7.23. The van der Waals surface area contributed by atoms with E-state index in [1.165, 1.54) is 0 Å². The summed E-state index contributed by atoms with van der Waals surface area (Å²) in [7, 11) is -1.37. The van der Waals surface area contributed by atoms with Gasteiger partial charge in [-0.1, -0.05) is 0 Å². The van der Waals surface area contributed by atoms with Gasteiger partial charge in [0.25, 0.3) is 0 Å². The zero-order valence-corrected chi connectivity index (χ0v) is 10.9. The van der Waals surface area contributed by atoms with Crippen LogP contribution in [0.15, 0.2) is 0 Å². The van der Waals surface area contributed by atoms with Crippen LogP contribution in [0, 0.1) is 16.7 Å². The predicted octanol–water partition coefficient (Wildman–Crippen LogP) is 1.52. The molecule has 1 saturated heterocycles. The number of hydrogen-bond donors (Lipinski definition) is 0. The summed E-state index contributed by atoms with van der Waals surface area (Å²) in [6.07, 6.45) is 1.75. The zero-order chi connectivity index (χ0) is 12.4.